The molecule has 160 valence electrons. The van der Waals surface area contributed by atoms with Crippen molar-refractivity contribution in [3.8, 4) is 23.3 Å². The van der Waals surface area contributed by atoms with Crippen LogP contribution in [-0.2, 0) is 0 Å². The molecule has 0 unspecified atom stereocenters. The molecule has 0 aliphatic heterocycles. The molecule has 2 aromatic carbocycles. The van der Waals surface area contributed by atoms with E-state index < -0.39 is 15.8 Å². The summed E-state index contributed by atoms with van der Waals surface area (Å²) in [6.45, 7) is 2.40. The van der Waals surface area contributed by atoms with Crippen LogP contribution in [0.15, 0.2) is 35.9 Å². The summed E-state index contributed by atoms with van der Waals surface area (Å²) in [5.74, 6) is -0.459. The molecule has 0 saturated heterocycles. The minimum Gasteiger partial charge on any atom is -0.342 e. The predicted molar refractivity (Wildman–Crippen MR) is 114 cm³/mol. The summed E-state index contributed by atoms with van der Waals surface area (Å²) in [5, 5.41) is 41.9. The highest BCUT2D eigenvalue weighted by Gasteiger charge is 2.35. The predicted octanol–water partition coefficient (Wildman–Crippen LogP) is 4.20. The maximum absolute atomic E-state index is 13.2. The molecule has 1 aliphatic carbocycles. The highest BCUT2D eigenvalue weighted by atomic mass is 16.6. The van der Waals surface area contributed by atoms with Crippen LogP contribution in [0.5, 0.6) is 0 Å². The number of benzene rings is 2. The van der Waals surface area contributed by atoms with Gasteiger partial charge in [0.15, 0.2) is 0 Å². The van der Waals surface area contributed by atoms with E-state index in [9.17, 15) is 35.5 Å². The second-order valence-corrected chi connectivity index (χ2v) is 7.21. The zero-order valence-corrected chi connectivity index (χ0v) is 17.3. The van der Waals surface area contributed by atoms with Gasteiger partial charge in [0.05, 0.1) is 15.4 Å². The van der Waals surface area contributed by atoms with Gasteiger partial charge in [-0.25, -0.2) is 0 Å². The average Bonchev–Trinajstić information content (AvgIpc) is 3.10. The number of allylic oxidation sites excluding steroid dienone is 1. The van der Waals surface area contributed by atoms with Gasteiger partial charge in [0.2, 0.25) is 0 Å². The molecule has 0 spiro atoms. The van der Waals surface area contributed by atoms with Crippen molar-refractivity contribution in [2.45, 2.75) is 19.8 Å². The number of nitro benzene ring substituents is 2. The Balaban J connectivity index is 2.41. The Morgan fingerprint density at radius 3 is 2.19 bits per heavy atom. The largest absolute Gasteiger partial charge is 0.342 e. The van der Waals surface area contributed by atoms with E-state index in [4.69, 9.17) is 0 Å². The maximum Gasteiger partial charge on any atom is 0.270 e. The summed E-state index contributed by atoms with van der Waals surface area (Å²) in [7, 11) is 1.58. The van der Waals surface area contributed by atoms with Gasteiger partial charge in [-0.2, -0.15) is 10.5 Å². The number of nitrogens with zero attached hydrogens (tertiary/aromatic N) is 5. The molecule has 0 radical (unpaired) electrons. The highest BCUT2D eigenvalue weighted by molar-refractivity contribution is 6.12. The molecule has 10 nitrogen and oxygen atoms in total. The third-order valence-corrected chi connectivity index (χ3v) is 5.25. The molecule has 0 atom stereocenters. The number of nitriles is 2. The van der Waals surface area contributed by atoms with Crippen LogP contribution in [-0.4, -0.2) is 34.2 Å². The van der Waals surface area contributed by atoms with Gasteiger partial charge in [0.1, 0.15) is 17.7 Å². The van der Waals surface area contributed by atoms with E-state index in [2.05, 4.69) is 0 Å². The first-order valence-electron chi connectivity index (χ1n) is 9.67. The van der Waals surface area contributed by atoms with Crippen molar-refractivity contribution in [3.05, 3.63) is 72.8 Å². The van der Waals surface area contributed by atoms with E-state index in [1.54, 1.807) is 19.2 Å². The van der Waals surface area contributed by atoms with Gasteiger partial charge in [-0.15, -0.1) is 0 Å². The first-order valence-corrected chi connectivity index (χ1v) is 9.67. The van der Waals surface area contributed by atoms with Gasteiger partial charge in [0.25, 0.3) is 17.3 Å². The molecule has 2 aromatic rings. The highest BCUT2D eigenvalue weighted by Crippen LogP contribution is 2.49. The van der Waals surface area contributed by atoms with Crippen LogP contribution < -0.4 is 0 Å². The molecule has 3 rings (SSSR count). The number of hydrogen-bond donors (Lipinski definition) is 0. The zero-order valence-electron chi connectivity index (χ0n) is 17.3. The lowest BCUT2D eigenvalue weighted by Gasteiger charge is -2.19. The lowest BCUT2D eigenvalue weighted by Crippen LogP contribution is -2.28. The molecule has 0 fully saturated rings. The normalized spacial score (nSPS) is 11.1. The summed E-state index contributed by atoms with van der Waals surface area (Å²) in [5.41, 5.74) is 0.128. The Kier molecular flexibility index (Phi) is 5.99. The molecule has 0 saturated carbocycles. The fourth-order valence-electron chi connectivity index (χ4n) is 3.71. The standard InChI is InChI=1S/C22H17N5O5/c1-3-4-7-25(2)22(28)19-10-15(27(31)32)9-18-20(13(11-23)12-24)17-8-14(26(29)30)5-6-16(17)21(18)19/h5-6,8-10H,3-4,7H2,1-2H3. The molecule has 0 heterocycles. The maximum atomic E-state index is 13.2. The lowest BCUT2D eigenvalue weighted by atomic mass is 9.95. The van der Waals surface area contributed by atoms with E-state index in [1.165, 1.54) is 29.2 Å². The van der Waals surface area contributed by atoms with E-state index in [0.29, 0.717) is 17.7 Å². The number of rotatable bonds is 6. The molecular formula is C22H17N5O5. The summed E-state index contributed by atoms with van der Waals surface area (Å²) in [6, 6.07) is 9.75. The summed E-state index contributed by atoms with van der Waals surface area (Å²) < 4.78 is 0. The number of amides is 1. The Morgan fingerprint density at radius 1 is 1.00 bits per heavy atom. The summed E-state index contributed by atoms with van der Waals surface area (Å²) >= 11 is 0. The third-order valence-electron chi connectivity index (χ3n) is 5.25. The SMILES string of the molecule is CCCCN(C)C(=O)c1cc([N+](=O)[O-])cc2c1-c1ccc([N+](=O)[O-])cc1C2=C(C#N)C#N. The molecule has 32 heavy (non-hydrogen) atoms. The fourth-order valence-corrected chi connectivity index (χ4v) is 3.71. The molecule has 1 aliphatic rings. The van der Waals surface area contributed by atoms with Crippen molar-refractivity contribution in [2.24, 2.45) is 0 Å². The van der Waals surface area contributed by atoms with Crippen molar-refractivity contribution in [3.63, 3.8) is 0 Å². The average molecular weight is 431 g/mol. The molecule has 1 amide bonds. The molecule has 10 heteroatoms. The summed E-state index contributed by atoms with van der Waals surface area (Å²) in [6.07, 6.45) is 1.58. The minimum atomic E-state index is -0.662. The first-order chi connectivity index (χ1) is 15.2. The Morgan fingerprint density at radius 2 is 1.62 bits per heavy atom. The number of carbonyl (C=O) groups is 1. The van der Waals surface area contributed by atoms with Crippen molar-refractivity contribution in [1.29, 1.82) is 10.5 Å². The second-order valence-electron chi connectivity index (χ2n) is 7.21. The van der Waals surface area contributed by atoms with Crippen LogP contribution >= 0.6 is 0 Å². The topological polar surface area (TPSA) is 154 Å². The Hall–Kier alpha value is -4.57. The van der Waals surface area contributed by atoms with E-state index in [-0.39, 0.29) is 39.2 Å². The number of nitro groups is 2. The minimum absolute atomic E-state index is 0.0353. The third kappa shape index (κ3) is 3.66. The van der Waals surface area contributed by atoms with E-state index >= 15 is 0 Å². The van der Waals surface area contributed by atoms with Crippen molar-refractivity contribution < 1.29 is 14.6 Å². The second kappa shape index (κ2) is 8.66. The molecule has 0 aromatic heterocycles. The molecule has 0 bridgehead atoms. The van der Waals surface area contributed by atoms with Crippen LogP contribution in [0, 0.1) is 42.9 Å². The van der Waals surface area contributed by atoms with Gasteiger partial charge in [-0.1, -0.05) is 13.3 Å². The van der Waals surface area contributed by atoms with E-state index in [0.717, 1.165) is 18.9 Å². The smallest absolute Gasteiger partial charge is 0.270 e. The quantitative estimate of drug-likeness (QED) is 0.322. The van der Waals surface area contributed by atoms with Crippen LogP contribution in [0.1, 0.15) is 41.3 Å². The number of hydrogen-bond acceptors (Lipinski definition) is 7. The Labute approximate surface area is 182 Å². The van der Waals surface area contributed by atoms with Crippen molar-refractivity contribution >= 4 is 22.9 Å². The van der Waals surface area contributed by atoms with Gasteiger partial charge in [-0.05, 0) is 29.2 Å². The monoisotopic (exact) mass is 431 g/mol. The van der Waals surface area contributed by atoms with Gasteiger partial charge in [-0.3, -0.25) is 25.0 Å². The number of fused-ring (bicyclic) bond motifs is 3. The summed E-state index contributed by atoms with van der Waals surface area (Å²) in [4.78, 5) is 36.3. The van der Waals surface area contributed by atoms with Gasteiger partial charge in [0, 0.05) is 49.0 Å². The van der Waals surface area contributed by atoms with Crippen LogP contribution in [0.4, 0.5) is 11.4 Å². The molecular weight excluding hydrogens is 414 g/mol. The number of non-ortho nitro benzene ring substituents is 2. The first kappa shape index (κ1) is 22.1. The van der Waals surface area contributed by atoms with Crippen molar-refractivity contribution in [2.75, 3.05) is 13.6 Å². The van der Waals surface area contributed by atoms with Crippen molar-refractivity contribution in [1.82, 2.24) is 4.90 Å². The van der Waals surface area contributed by atoms with Gasteiger partial charge < -0.3 is 4.90 Å². The lowest BCUT2D eigenvalue weighted by molar-refractivity contribution is -0.385. The fraction of sp³-hybridized carbons (Fsp3) is 0.227. The molecule has 0 N–H and O–H groups in total. The van der Waals surface area contributed by atoms with E-state index in [1.807, 2.05) is 6.92 Å². The number of unbranched alkanes of at least 4 members (excludes halogenated alkanes) is 1. The number of carbonyl (C=O) groups excluding carboxylic acids is 1. The van der Waals surface area contributed by atoms with Crippen LogP contribution in [0.25, 0.3) is 16.7 Å². The van der Waals surface area contributed by atoms with Gasteiger partial charge >= 0.3 is 0 Å². The van der Waals surface area contributed by atoms with Crippen LogP contribution in [0.2, 0.25) is 0 Å². The van der Waals surface area contributed by atoms with Crippen LogP contribution in [0.3, 0.4) is 0 Å². The zero-order chi connectivity index (χ0) is 23.6. The Bertz CT molecular complexity index is 1270.